The van der Waals surface area contributed by atoms with Gasteiger partial charge in [-0.3, -0.25) is 9.69 Å². The molecule has 1 aliphatic rings. The molecule has 1 aliphatic heterocycles. The van der Waals surface area contributed by atoms with Gasteiger partial charge in [0.25, 0.3) is 0 Å². The molecule has 0 aliphatic carbocycles. The summed E-state index contributed by atoms with van der Waals surface area (Å²) < 4.78 is 1.94. The molecule has 0 fully saturated rings. The Morgan fingerprint density at radius 2 is 2.07 bits per heavy atom. The highest BCUT2D eigenvalue weighted by molar-refractivity contribution is 5.78. The minimum absolute atomic E-state index is 0.125. The zero-order valence-electron chi connectivity index (χ0n) is 17.5. The lowest BCUT2D eigenvalue weighted by Gasteiger charge is -2.25. The van der Waals surface area contributed by atoms with Gasteiger partial charge < -0.3 is 5.32 Å². The molecule has 1 aromatic carbocycles. The zero-order valence-corrected chi connectivity index (χ0v) is 17.5. The first-order chi connectivity index (χ1) is 13.4. The number of hydrogen-bond acceptors (Lipinski definition) is 3. The van der Waals surface area contributed by atoms with Crippen LogP contribution in [0.4, 0.5) is 0 Å². The summed E-state index contributed by atoms with van der Waals surface area (Å²) in [4.78, 5) is 14.3. The van der Waals surface area contributed by atoms with Crippen LogP contribution in [-0.2, 0) is 4.79 Å². The molecule has 0 radical (unpaired) electrons. The van der Waals surface area contributed by atoms with Crippen molar-refractivity contribution < 1.29 is 4.79 Å². The molecule has 0 spiro atoms. The Morgan fingerprint density at radius 3 is 2.75 bits per heavy atom. The molecule has 2 aromatic rings. The number of nitrogens with one attached hydrogen (secondary N) is 1. The molecule has 5 heteroatoms. The SMILES string of the molecule is Cc1ccc(-n2cc(C3=CCN(CC(=O)NCCC(C)C)CC3)cn2)cc1C. The van der Waals surface area contributed by atoms with Gasteiger partial charge in [-0.15, -0.1) is 0 Å². The van der Waals surface area contributed by atoms with Crippen molar-refractivity contribution in [3.05, 3.63) is 53.4 Å². The highest BCUT2D eigenvalue weighted by Gasteiger charge is 2.16. The van der Waals surface area contributed by atoms with Gasteiger partial charge in [-0.2, -0.15) is 5.10 Å². The van der Waals surface area contributed by atoms with Gasteiger partial charge in [0.1, 0.15) is 0 Å². The second-order valence-corrected chi connectivity index (χ2v) is 8.19. The van der Waals surface area contributed by atoms with Gasteiger partial charge >= 0.3 is 0 Å². The maximum absolute atomic E-state index is 12.1. The Labute approximate surface area is 168 Å². The molecule has 0 atom stereocenters. The van der Waals surface area contributed by atoms with Crippen LogP contribution in [0, 0.1) is 19.8 Å². The average molecular weight is 381 g/mol. The first kappa shape index (κ1) is 20.3. The molecule has 0 bridgehead atoms. The number of carbonyl (C=O) groups is 1. The van der Waals surface area contributed by atoms with Crippen LogP contribution in [0.1, 0.15) is 43.4 Å². The van der Waals surface area contributed by atoms with E-state index in [4.69, 9.17) is 0 Å². The van der Waals surface area contributed by atoms with Crippen molar-refractivity contribution in [2.24, 2.45) is 5.92 Å². The van der Waals surface area contributed by atoms with Crippen LogP contribution in [0.2, 0.25) is 0 Å². The number of aryl methyl sites for hydroxylation is 2. The molecule has 0 saturated heterocycles. The summed E-state index contributed by atoms with van der Waals surface area (Å²) in [6, 6.07) is 6.41. The quantitative estimate of drug-likeness (QED) is 0.796. The van der Waals surface area contributed by atoms with Crippen molar-refractivity contribution >= 4 is 11.5 Å². The number of amides is 1. The maximum atomic E-state index is 12.1. The summed E-state index contributed by atoms with van der Waals surface area (Å²) in [5.41, 5.74) is 6.13. The third-order valence-corrected chi connectivity index (χ3v) is 5.41. The third-order valence-electron chi connectivity index (χ3n) is 5.41. The molecule has 1 N–H and O–H groups in total. The van der Waals surface area contributed by atoms with Crippen LogP contribution in [-0.4, -0.2) is 46.8 Å². The first-order valence-electron chi connectivity index (χ1n) is 10.2. The lowest BCUT2D eigenvalue weighted by Crippen LogP contribution is -2.39. The number of carbonyl (C=O) groups excluding carboxylic acids is 1. The molecule has 3 rings (SSSR count). The van der Waals surface area contributed by atoms with E-state index in [9.17, 15) is 4.79 Å². The van der Waals surface area contributed by atoms with E-state index < -0.39 is 0 Å². The Morgan fingerprint density at radius 1 is 1.25 bits per heavy atom. The minimum atomic E-state index is 0.125. The van der Waals surface area contributed by atoms with Crippen LogP contribution >= 0.6 is 0 Å². The second-order valence-electron chi connectivity index (χ2n) is 8.19. The summed E-state index contributed by atoms with van der Waals surface area (Å²) >= 11 is 0. The minimum Gasteiger partial charge on any atom is -0.355 e. The summed E-state index contributed by atoms with van der Waals surface area (Å²) in [6.45, 7) is 11.5. The Bertz CT molecular complexity index is 850. The van der Waals surface area contributed by atoms with E-state index in [1.165, 1.54) is 22.3 Å². The fourth-order valence-corrected chi connectivity index (χ4v) is 3.37. The van der Waals surface area contributed by atoms with E-state index in [2.05, 4.69) is 73.5 Å². The van der Waals surface area contributed by atoms with Crippen LogP contribution in [0.3, 0.4) is 0 Å². The van der Waals surface area contributed by atoms with E-state index in [1.54, 1.807) is 0 Å². The Hall–Kier alpha value is -2.40. The summed E-state index contributed by atoms with van der Waals surface area (Å²) in [7, 11) is 0. The monoisotopic (exact) mass is 380 g/mol. The lowest BCUT2D eigenvalue weighted by atomic mass is 10.0. The summed E-state index contributed by atoms with van der Waals surface area (Å²) in [5.74, 6) is 0.741. The van der Waals surface area contributed by atoms with Gasteiger partial charge in [0.05, 0.1) is 18.4 Å². The molecule has 28 heavy (non-hydrogen) atoms. The maximum Gasteiger partial charge on any atom is 0.234 e. The molecule has 1 amide bonds. The third kappa shape index (κ3) is 5.32. The number of hydrogen-bond donors (Lipinski definition) is 1. The molecule has 0 unspecified atom stereocenters. The number of benzene rings is 1. The van der Waals surface area contributed by atoms with Gasteiger partial charge in [-0.1, -0.05) is 26.0 Å². The Kier molecular flexibility index (Phi) is 6.68. The van der Waals surface area contributed by atoms with E-state index in [-0.39, 0.29) is 5.91 Å². The average Bonchev–Trinajstić information content (AvgIpc) is 3.14. The largest absolute Gasteiger partial charge is 0.355 e. The molecule has 150 valence electrons. The summed E-state index contributed by atoms with van der Waals surface area (Å²) in [5, 5.41) is 7.57. The van der Waals surface area contributed by atoms with Crippen LogP contribution in [0.25, 0.3) is 11.3 Å². The van der Waals surface area contributed by atoms with Crippen molar-refractivity contribution in [3.63, 3.8) is 0 Å². The number of nitrogens with zero attached hydrogens (tertiary/aromatic N) is 3. The fraction of sp³-hybridized carbons (Fsp3) is 0.478. The van der Waals surface area contributed by atoms with Crippen molar-refractivity contribution in [2.45, 2.75) is 40.5 Å². The predicted octanol–water partition coefficient (Wildman–Crippen LogP) is 3.74. The van der Waals surface area contributed by atoms with E-state index in [0.29, 0.717) is 12.5 Å². The van der Waals surface area contributed by atoms with Crippen LogP contribution in [0.15, 0.2) is 36.7 Å². The highest BCUT2D eigenvalue weighted by Crippen LogP contribution is 2.23. The summed E-state index contributed by atoms with van der Waals surface area (Å²) in [6.07, 6.45) is 8.24. The van der Waals surface area contributed by atoms with Gasteiger partial charge in [0, 0.05) is 31.4 Å². The van der Waals surface area contributed by atoms with E-state index in [1.807, 2.05) is 10.9 Å². The molecule has 1 aromatic heterocycles. The topological polar surface area (TPSA) is 50.2 Å². The van der Waals surface area contributed by atoms with Crippen molar-refractivity contribution in [3.8, 4) is 5.69 Å². The second kappa shape index (κ2) is 9.20. The van der Waals surface area contributed by atoms with Crippen molar-refractivity contribution in [1.82, 2.24) is 20.0 Å². The van der Waals surface area contributed by atoms with E-state index in [0.717, 1.165) is 38.2 Å². The molecular weight excluding hydrogens is 348 g/mol. The highest BCUT2D eigenvalue weighted by atomic mass is 16.2. The fourth-order valence-electron chi connectivity index (χ4n) is 3.37. The normalized spacial score (nSPS) is 15.0. The number of rotatable bonds is 7. The first-order valence-corrected chi connectivity index (χ1v) is 10.2. The number of aromatic nitrogens is 2. The predicted molar refractivity (Wildman–Crippen MR) is 115 cm³/mol. The van der Waals surface area contributed by atoms with Crippen LogP contribution < -0.4 is 5.32 Å². The van der Waals surface area contributed by atoms with Crippen LogP contribution in [0.5, 0.6) is 0 Å². The van der Waals surface area contributed by atoms with Gasteiger partial charge in [-0.25, -0.2) is 4.68 Å². The smallest absolute Gasteiger partial charge is 0.234 e. The van der Waals surface area contributed by atoms with Gasteiger partial charge in [-0.05, 0) is 61.4 Å². The van der Waals surface area contributed by atoms with Crippen molar-refractivity contribution in [1.29, 1.82) is 0 Å². The molecule has 5 nitrogen and oxygen atoms in total. The standard InChI is InChI=1S/C23H32N4O/c1-17(2)7-10-24-23(28)16-26-11-8-20(9-12-26)21-14-25-27(15-21)22-6-5-18(3)19(4)13-22/h5-6,8,13-15,17H,7,9-12,16H2,1-4H3,(H,24,28). The molecule has 2 heterocycles. The molecule has 0 saturated carbocycles. The zero-order chi connectivity index (χ0) is 20.1. The van der Waals surface area contributed by atoms with E-state index >= 15 is 0 Å². The lowest BCUT2D eigenvalue weighted by molar-refractivity contribution is -0.122. The van der Waals surface area contributed by atoms with Gasteiger partial charge in [0.2, 0.25) is 5.91 Å². The molecular formula is C23H32N4O. The Balaban J connectivity index is 1.56. The van der Waals surface area contributed by atoms with Gasteiger partial charge in [0.15, 0.2) is 0 Å². The van der Waals surface area contributed by atoms with Crippen molar-refractivity contribution in [2.75, 3.05) is 26.2 Å².